The van der Waals surface area contributed by atoms with E-state index in [1.54, 1.807) is 4.90 Å². The van der Waals surface area contributed by atoms with Gasteiger partial charge in [0.15, 0.2) is 5.65 Å². The van der Waals surface area contributed by atoms with E-state index in [4.69, 9.17) is 21.7 Å². The Hall–Kier alpha value is -2.52. The van der Waals surface area contributed by atoms with Crippen molar-refractivity contribution in [3.8, 4) is 0 Å². The zero-order valence-electron chi connectivity index (χ0n) is 18.5. The molecule has 5 rings (SSSR count). The molecule has 7 nitrogen and oxygen atoms in total. The molecule has 0 radical (unpaired) electrons. The first-order chi connectivity index (χ1) is 15.8. The number of amides is 1. The van der Waals surface area contributed by atoms with Crippen LogP contribution in [0.4, 0.5) is 10.1 Å². The number of likely N-dealkylation sites (tertiary alicyclic amines) is 1. The van der Waals surface area contributed by atoms with E-state index in [2.05, 4.69) is 10.8 Å². The minimum Gasteiger partial charge on any atom is -0.330 e. The highest BCUT2D eigenvalue weighted by molar-refractivity contribution is 7.85. The molecule has 2 aromatic heterocycles. The van der Waals surface area contributed by atoms with Gasteiger partial charge >= 0.3 is 0 Å². The van der Waals surface area contributed by atoms with Crippen LogP contribution in [-0.4, -0.2) is 42.4 Å². The molecule has 2 aliphatic rings. The van der Waals surface area contributed by atoms with Gasteiger partial charge in [-0.1, -0.05) is 11.6 Å². The van der Waals surface area contributed by atoms with Crippen LogP contribution < -0.4 is 4.72 Å². The molecule has 1 saturated heterocycles. The highest BCUT2D eigenvalue weighted by atomic mass is 35.5. The minimum atomic E-state index is -1.48. The predicted octanol–water partition coefficient (Wildman–Crippen LogP) is 4.78. The molecule has 10 heteroatoms. The van der Waals surface area contributed by atoms with Crippen LogP contribution in [-0.2, 0) is 11.0 Å². The van der Waals surface area contributed by atoms with E-state index in [-0.39, 0.29) is 28.2 Å². The van der Waals surface area contributed by atoms with Gasteiger partial charge in [0.2, 0.25) is 0 Å². The average Bonchev–Trinajstić information content (AvgIpc) is 3.54. The van der Waals surface area contributed by atoms with Crippen LogP contribution >= 0.6 is 11.6 Å². The number of nitrogens with one attached hydrogen (secondary N) is 1. The van der Waals surface area contributed by atoms with Crippen LogP contribution in [0.2, 0.25) is 5.02 Å². The van der Waals surface area contributed by atoms with E-state index in [1.165, 1.54) is 25.2 Å². The number of hydrogen-bond acceptors (Lipinski definition) is 4. The Morgan fingerprint density at radius 1 is 1.18 bits per heavy atom. The molecular formula is C23H25ClFN5O2S. The monoisotopic (exact) mass is 489 g/mol. The van der Waals surface area contributed by atoms with Crippen molar-refractivity contribution in [1.82, 2.24) is 19.5 Å². The summed E-state index contributed by atoms with van der Waals surface area (Å²) in [6, 6.07) is 6.24. The van der Waals surface area contributed by atoms with Crippen molar-refractivity contribution in [3.63, 3.8) is 0 Å². The molecule has 1 N–H and O–H groups in total. The highest BCUT2D eigenvalue weighted by Crippen LogP contribution is 2.40. The molecule has 1 aromatic carbocycles. The second-order valence-electron chi connectivity index (χ2n) is 8.81. The van der Waals surface area contributed by atoms with Gasteiger partial charge in [0.1, 0.15) is 16.8 Å². The number of carbonyl (C=O) groups is 1. The maximum Gasteiger partial charge on any atom is 0.256 e. The van der Waals surface area contributed by atoms with Gasteiger partial charge < -0.3 is 9.62 Å². The number of rotatable bonds is 5. The lowest BCUT2D eigenvalue weighted by Gasteiger charge is -2.35. The number of halogens is 2. The maximum absolute atomic E-state index is 14.1. The summed E-state index contributed by atoms with van der Waals surface area (Å²) in [4.78, 5) is 20.2. The number of aromatic nitrogens is 3. The van der Waals surface area contributed by atoms with Crippen molar-refractivity contribution >= 4 is 39.8 Å². The van der Waals surface area contributed by atoms with Crippen LogP contribution in [0.1, 0.15) is 71.5 Å². The minimum absolute atomic E-state index is 0.153. The summed E-state index contributed by atoms with van der Waals surface area (Å²) in [5.41, 5.74) is 4.05. The molecule has 174 valence electrons. The molecule has 1 amide bonds. The Morgan fingerprint density at radius 2 is 1.97 bits per heavy atom. The van der Waals surface area contributed by atoms with Gasteiger partial charge in [-0.3, -0.25) is 4.79 Å². The summed E-state index contributed by atoms with van der Waals surface area (Å²) in [5.74, 6) is -0.433. The number of aryl methyl sites for hydroxylation is 1. The molecule has 1 aliphatic carbocycles. The summed E-state index contributed by atoms with van der Waals surface area (Å²) in [7, 11) is -1.48. The molecule has 2 unspecified atom stereocenters. The van der Waals surface area contributed by atoms with Crippen LogP contribution in [0.15, 0.2) is 24.3 Å². The van der Waals surface area contributed by atoms with Crippen molar-refractivity contribution in [2.75, 3.05) is 17.5 Å². The Bertz CT molecular complexity index is 1280. The number of anilines is 1. The summed E-state index contributed by atoms with van der Waals surface area (Å²) < 4.78 is 30.3. The topological polar surface area (TPSA) is 79.6 Å². The summed E-state index contributed by atoms with van der Waals surface area (Å²) in [5, 5.41) is 4.64. The zero-order chi connectivity index (χ0) is 23.3. The summed E-state index contributed by atoms with van der Waals surface area (Å²) >= 11 is 6.00. The molecule has 2 atom stereocenters. The van der Waals surface area contributed by atoms with Crippen LogP contribution in [0.5, 0.6) is 0 Å². The fourth-order valence-corrected chi connectivity index (χ4v) is 5.16. The Balaban J connectivity index is 1.52. The third kappa shape index (κ3) is 4.36. The first kappa shape index (κ1) is 22.3. The summed E-state index contributed by atoms with van der Waals surface area (Å²) in [6.07, 6.45) is 6.36. The van der Waals surface area contributed by atoms with Gasteiger partial charge in [-0.2, -0.15) is 5.10 Å². The first-order valence-electron chi connectivity index (χ1n) is 11.1. The van der Waals surface area contributed by atoms with Crippen molar-refractivity contribution in [2.45, 2.75) is 51.0 Å². The number of fused-ring (bicyclic) bond motifs is 1. The lowest BCUT2D eigenvalue weighted by atomic mass is 9.98. The van der Waals surface area contributed by atoms with Gasteiger partial charge in [0.05, 0.1) is 28.0 Å². The molecule has 33 heavy (non-hydrogen) atoms. The largest absolute Gasteiger partial charge is 0.330 e. The predicted molar refractivity (Wildman–Crippen MR) is 126 cm³/mol. The van der Waals surface area contributed by atoms with Crippen LogP contribution in [0.3, 0.4) is 0 Å². The summed E-state index contributed by atoms with van der Waals surface area (Å²) in [6.45, 7) is 2.56. The van der Waals surface area contributed by atoms with Crippen LogP contribution in [0.25, 0.3) is 5.65 Å². The Morgan fingerprint density at radius 3 is 2.70 bits per heavy atom. The molecule has 3 aromatic rings. The van der Waals surface area contributed by atoms with Gasteiger partial charge in [0, 0.05) is 42.2 Å². The van der Waals surface area contributed by atoms with E-state index in [9.17, 15) is 13.4 Å². The second kappa shape index (κ2) is 8.68. The molecule has 0 bridgehead atoms. The highest BCUT2D eigenvalue weighted by Gasteiger charge is 2.33. The quantitative estimate of drug-likeness (QED) is 0.559. The van der Waals surface area contributed by atoms with E-state index < -0.39 is 16.8 Å². The van der Waals surface area contributed by atoms with Crippen molar-refractivity contribution in [2.24, 2.45) is 0 Å². The van der Waals surface area contributed by atoms with E-state index >= 15 is 0 Å². The molecule has 2 fully saturated rings. The lowest BCUT2D eigenvalue weighted by molar-refractivity contribution is 0.0607. The average molecular weight is 490 g/mol. The fraction of sp³-hybridized carbons (Fsp3) is 0.435. The van der Waals surface area contributed by atoms with Gasteiger partial charge in [-0.25, -0.2) is 18.1 Å². The van der Waals surface area contributed by atoms with Crippen molar-refractivity contribution in [1.29, 1.82) is 0 Å². The fourth-order valence-electron chi connectivity index (χ4n) is 4.52. The maximum atomic E-state index is 14.1. The first-order valence-corrected chi connectivity index (χ1v) is 13.0. The molecule has 1 aliphatic heterocycles. The number of hydrogen-bond donors (Lipinski definition) is 1. The number of nitrogens with zero attached hydrogens (tertiary/aromatic N) is 4. The Labute approximate surface area is 198 Å². The Kier molecular flexibility index (Phi) is 5.86. The zero-order valence-corrected chi connectivity index (χ0v) is 20.0. The third-order valence-electron chi connectivity index (χ3n) is 6.29. The SMILES string of the molecule is Cc1cc(C2CC2)nc2cc(C3CCCCN3C(=O)c3cc(Cl)c(F)cc3NS(C)=O)nn12. The third-order valence-corrected chi connectivity index (χ3v) is 7.09. The van der Waals surface area contributed by atoms with Gasteiger partial charge in [-0.05, 0) is 51.2 Å². The number of carbonyl (C=O) groups excluding carboxylic acids is 1. The molecule has 0 spiro atoms. The lowest BCUT2D eigenvalue weighted by Crippen LogP contribution is -2.39. The van der Waals surface area contributed by atoms with E-state index in [1.807, 2.05) is 17.5 Å². The second-order valence-corrected chi connectivity index (χ2v) is 10.3. The van der Waals surface area contributed by atoms with E-state index in [0.717, 1.165) is 48.1 Å². The van der Waals surface area contributed by atoms with Crippen molar-refractivity contribution < 1.29 is 13.4 Å². The van der Waals surface area contributed by atoms with Gasteiger partial charge in [-0.15, -0.1) is 0 Å². The number of piperidine rings is 1. The van der Waals surface area contributed by atoms with E-state index in [0.29, 0.717) is 12.5 Å². The number of benzene rings is 1. The molecule has 3 heterocycles. The standard InChI is InChI=1S/C23H25ClFN5O2S/c1-13-9-18(14-6-7-14)26-22-12-20(27-30(13)22)21-5-3-4-8-29(21)23(31)15-10-16(24)17(25)11-19(15)28-33(2)32/h9-12,14,21,28H,3-8H2,1-2H3. The van der Waals surface area contributed by atoms with Gasteiger partial charge in [0.25, 0.3) is 5.91 Å². The van der Waals surface area contributed by atoms with Crippen molar-refractivity contribution in [3.05, 3.63) is 57.8 Å². The molecule has 1 saturated carbocycles. The smallest absolute Gasteiger partial charge is 0.256 e. The van der Waals surface area contributed by atoms with Crippen LogP contribution in [0, 0.1) is 12.7 Å². The normalized spacial score (nSPS) is 19.6. The molecular weight excluding hydrogens is 465 g/mol.